The molecule has 0 bridgehead atoms. The van der Waals surface area contributed by atoms with Crippen molar-refractivity contribution < 1.29 is 14.7 Å². The van der Waals surface area contributed by atoms with Crippen molar-refractivity contribution in [2.45, 2.75) is 19.8 Å². The number of hydrogen-bond acceptors (Lipinski definition) is 2. The van der Waals surface area contributed by atoms with Crippen LogP contribution in [0.2, 0.25) is 0 Å². The average Bonchev–Trinajstić information content (AvgIpc) is 2.36. The summed E-state index contributed by atoms with van der Waals surface area (Å²) in [5, 5.41) is 8.55. The van der Waals surface area contributed by atoms with E-state index in [1.165, 1.54) is 11.0 Å². The molecule has 0 aromatic heterocycles. The highest BCUT2D eigenvalue weighted by Gasteiger charge is 2.06. The smallest absolute Gasteiger partial charge is 0.303 e. The van der Waals surface area contributed by atoms with Gasteiger partial charge >= 0.3 is 5.97 Å². The standard InChI is InChI=1S/C15H18BrNO3/c1-11-5-6-12(13(16)10-11)7-8-14(18)17(2)9-3-4-15(19)20/h5-8,10H,3-4,9H2,1-2H3,(H,19,20). The second-order valence-corrected chi connectivity index (χ2v) is 5.47. The van der Waals surface area contributed by atoms with Crippen LogP contribution in [0.3, 0.4) is 0 Å². The maximum atomic E-state index is 11.8. The number of nitrogens with zero attached hydrogens (tertiary/aromatic N) is 1. The first-order valence-electron chi connectivity index (χ1n) is 6.31. The topological polar surface area (TPSA) is 57.6 Å². The number of likely N-dealkylation sites (N-methyl/N-ethyl adjacent to an activating group) is 1. The summed E-state index contributed by atoms with van der Waals surface area (Å²) in [5.41, 5.74) is 2.08. The van der Waals surface area contributed by atoms with Crippen molar-refractivity contribution in [3.63, 3.8) is 0 Å². The number of carbonyl (C=O) groups is 2. The number of carboxylic acid groups (broad SMARTS) is 1. The molecule has 0 aliphatic heterocycles. The Kier molecular flexibility index (Phi) is 6.45. The zero-order chi connectivity index (χ0) is 15.1. The van der Waals surface area contributed by atoms with E-state index in [1.54, 1.807) is 13.1 Å². The first-order chi connectivity index (χ1) is 9.40. The summed E-state index contributed by atoms with van der Waals surface area (Å²) in [6.07, 6.45) is 3.78. The van der Waals surface area contributed by atoms with Gasteiger partial charge in [-0.3, -0.25) is 9.59 Å². The number of amides is 1. The fourth-order valence-corrected chi connectivity index (χ4v) is 2.26. The molecule has 1 aromatic carbocycles. The van der Waals surface area contributed by atoms with Gasteiger partial charge in [-0.05, 0) is 36.6 Å². The molecule has 0 atom stereocenters. The normalized spacial score (nSPS) is 10.8. The number of halogens is 1. The molecular formula is C15H18BrNO3. The van der Waals surface area contributed by atoms with Crippen molar-refractivity contribution in [2.75, 3.05) is 13.6 Å². The van der Waals surface area contributed by atoms with Crippen LogP contribution in [0.25, 0.3) is 6.08 Å². The van der Waals surface area contributed by atoms with Crippen LogP contribution in [-0.4, -0.2) is 35.5 Å². The number of hydrogen-bond donors (Lipinski definition) is 1. The molecule has 0 saturated heterocycles. The molecule has 0 saturated carbocycles. The van der Waals surface area contributed by atoms with Gasteiger partial charge in [0, 0.05) is 30.6 Å². The maximum Gasteiger partial charge on any atom is 0.303 e. The number of benzene rings is 1. The van der Waals surface area contributed by atoms with Gasteiger partial charge in [0.2, 0.25) is 5.91 Å². The number of aryl methyl sites for hydroxylation is 1. The molecule has 108 valence electrons. The Morgan fingerprint density at radius 2 is 2.10 bits per heavy atom. The third-order valence-corrected chi connectivity index (χ3v) is 3.51. The Hall–Kier alpha value is -1.62. The lowest BCUT2D eigenvalue weighted by atomic mass is 10.1. The zero-order valence-corrected chi connectivity index (χ0v) is 13.2. The van der Waals surface area contributed by atoms with E-state index >= 15 is 0 Å². The minimum Gasteiger partial charge on any atom is -0.481 e. The summed E-state index contributed by atoms with van der Waals surface area (Å²) in [4.78, 5) is 23.8. The summed E-state index contributed by atoms with van der Waals surface area (Å²) in [7, 11) is 1.67. The van der Waals surface area contributed by atoms with Crippen molar-refractivity contribution in [1.82, 2.24) is 4.90 Å². The van der Waals surface area contributed by atoms with Crippen LogP contribution >= 0.6 is 15.9 Å². The molecule has 0 aliphatic carbocycles. The molecule has 0 unspecified atom stereocenters. The van der Waals surface area contributed by atoms with Crippen LogP contribution in [-0.2, 0) is 9.59 Å². The van der Waals surface area contributed by atoms with Gasteiger partial charge in [0.1, 0.15) is 0 Å². The first-order valence-corrected chi connectivity index (χ1v) is 7.10. The highest BCUT2D eigenvalue weighted by Crippen LogP contribution is 2.19. The lowest BCUT2D eigenvalue weighted by Gasteiger charge is -2.14. The fraction of sp³-hybridized carbons (Fsp3) is 0.333. The van der Waals surface area contributed by atoms with E-state index in [4.69, 9.17) is 5.11 Å². The van der Waals surface area contributed by atoms with Crippen LogP contribution in [0.15, 0.2) is 28.7 Å². The molecule has 0 aliphatic rings. The van der Waals surface area contributed by atoms with Gasteiger partial charge in [0.15, 0.2) is 0 Å². The Balaban J connectivity index is 2.56. The van der Waals surface area contributed by atoms with Crippen LogP contribution in [0.4, 0.5) is 0 Å². The molecule has 1 N–H and O–H groups in total. The number of carbonyl (C=O) groups excluding carboxylic acids is 1. The Morgan fingerprint density at radius 1 is 1.40 bits per heavy atom. The van der Waals surface area contributed by atoms with Gasteiger partial charge in [-0.1, -0.05) is 28.1 Å². The molecule has 4 nitrogen and oxygen atoms in total. The summed E-state index contributed by atoms with van der Waals surface area (Å²) < 4.78 is 0.940. The third kappa shape index (κ3) is 5.57. The lowest BCUT2D eigenvalue weighted by Crippen LogP contribution is -2.26. The minimum absolute atomic E-state index is 0.0743. The molecule has 0 spiro atoms. The molecule has 5 heteroatoms. The molecular weight excluding hydrogens is 322 g/mol. The lowest BCUT2D eigenvalue weighted by molar-refractivity contribution is -0.137. The number of rotatable bonds is 6. The van der Waals surface area contributed by atoms with Crippen LogP contribution < -0.4 is 0 Å². The second kappa shape index (κ2) is 7.85. The predicted molar refractivity (Wildman–Crippen MR) is 82.4 cm³/mol. The van der Waals surface area contributed by atoms with Crippen molar-refractivity contribution in [2.24, 2.45) is 0 Å². The Morgan fingerprint density at radius 3 is 2.70 bits per heavy atom. The van der Waals surface area contributed by atoms with E-state index in [2.05, 4.69) is 15.9 Å². The number of aliphatic carboxylic acids is 1. The largest absolute Gasteiger partial charge is 0.481 e. The summed E-state index contributed by atoms with van der Waals surface area (Å²) in [6.45, 7) is 2.43. The van der Waals surface area contributed by atoms with E-state index in [9.17, 15) is 9.59 Å². The van der Waals surface area contributed by atoms with Crippen LogP contribution in [0.5, 0.6) is 0 Å². The fourth-order valence-electron chi connectivity index (χ4n) is 1.63. The number of carboxylic acids is 1. The van der Waals surface area contributed by atoms with E-state index in [-0.39, 0.29) is 12.3 Å². The maximum absolute atomic E-state index is 11.8. The van der Waals surface area contributed by atoms with Crippen molar-refractivity contribution in [3.8, 4) is 0 Å². The molecule has 1 rings (SSSR count). The predicted octanol–water partition coefficient (Wildman–Crippen LogP) is 3.09. The molecule has 0 fully saturated rings. The van der Waals surface area contributed by atoms with Gasteiger partial charge in [0.05, 0.1) is 0 Å². The van der Waals surface area contributed by atoms with Crippen LogP contribution in [0.1, 0.15) is 24.0 Å². The Bertz CT molecular complexity index is 526. The van der Waals surface area contributed by atoms with Crippen molar-refractivity contribution in [1.29, 1.82) is 0 Å². The first kappa shape index (κ1) is 16.4. The summed E-state index contributed by atoms with van der Waals surface area (Å²) in [5.74, 6) is -0.979. The van der Waals surface area contributed by atoms with Gasteiger partial charge in [-0.25, -0.2) is 0 Å². The van der Waals surface area contributed by atoms with Crippen LogP contribution in [0, 0.1) is 6.92 Å². The minimum atomic E-state index is -0.843. The summed E-state index contributed by atoms with van der Waals surface area (Å²) >= 11 is 3.45. The highest BCUT2D eigenvalue weighted by molar-refractivity contribution is 9.10. The van der Waals surface area contributed by atoms with Crippen molar-refractivity contribution >= 4 is 33.9 Å². The quantitative estimate of drug-likeness (QED) is 0.810. The SMILES string of the molecule is Cc1ccc(C=CC(=O)N(C)CCCC(=O)O)c(Br)c1. The summed E-state index contributed by atoms with van der Waals surface area (Å²) in [6, 6.07) is 5.90. The molecule has 20 heavy (non-hydrogen) atoms. The second-order valence-electron chi connectivity index (χ2n) is 4.62. The third-order valence-electron chi connectivity index (χ3n) is 2.82. The molecule has 0 heterocycles. The molecule has 1 aromatic rings. The molecule has 1 amide bonds. The Labute approximate surface area is 127 Å². The van der Waals surface area contributed by atoms with Gasteiger partial charge < -0.3 is 10.0 Å². The van der Waals surface area contributed by atoms with Gasteiger partial charge in [-0.2, -0.15) is 0 Å². The zero-order valence-electron chi connectivity index (χ0n) is 11.6. The van der Waals surface area contributed by atoms with Crippen molar-refractivity contribution in [3.05, 3.63) is 39.9 Å². The van der Waals surface area contributed by atoms with E-state index in [0.717, 1.165) is 15.6 Å². The van der Waals surface area contributed by atoms with Gasteiger partial charge in [-0.15, -0.1) is 0 Å². The average molecular weight is 340 g/mol. The highest BCUT2D eigenvalue weighted by atomic mass is 79.9. The van der Waals surface area contributed by atoms with E-state index in [0.29, 0.717) is 13.0 Å². The molecule has 0 radical (unpaired) electrons. The van der Waals surface area contributed by atoms with Gasteiger partial charge in [0.25, 0.3) is 0 Å². The monoisotopic (exact) mass is 339 g/mol. The van der Waals surface area contributed by atoms with E-state index < -0.39 is 5.97 Å². The van der Waals surface area contributed by atoms with E-state index in [1.807, 2.05) is 25.1 Å².